The Morgan fingerprint density at radius 1 is 0.357 bits per heavy atom. The molecule has 0 aromatic carbocycles. The summed E-state index contributed by atoms with van der Waals surface area (Å²) in [5.41, 5.74) is 0. The molecular weight excluding hydrogens is 776 g/mol. The van der Waals surface area contributed by atoms with Gasteiger partial charge in [-0.25, -0.2) is 0 Å². The molecule has 0 unspecified atom stereocenters. The predicted octanol–water partition coefficient (Wildman–Crippen LogP) is -11.9. The van der Waals surface area contributed by atoms with E-state index in [-0.39, 0.29) is 0 Å². The van der Waals surface area contributed by atoms with Crippen molar-refractivity contribution in [2.75, 3.05) is 59.5 Å². The zero-order valence-corrected chi connectivity index (χ0v) is 29.5. The lowest BCUT2D eigenvalue weighted by Gasteiger charge is -2.45. The van der Waals surface area contributed by atoms with Gasteiger partial charge in [0.1, 0.15) is 124 Å². The molecule has 26 nitrogen and oxygen atoms in total. The molecule has 5 saturated heterocycles. The molecule has 26 heteroatoms. The van der Waals surface area contributed by atoms with E-state index in [1.807, 2.05) is 0 Å². The van der Waals surface area contributed by atoms with Crippen molar-refractivity contribution in [3.8, 4) is 0 Å². The lowest BCUT2D eigenvalue weighted by Crippen LogP contribution is -2.63. The largest absolute Gasteiger partial charge is 0.394 e. The molecule has 0 saturated carbocycles. The van der Waals surface area contributed by atoms with Crippen LogP contribution in [0.1, 0.15) is 0 Å². The molecule has 0 aromatic rings. The molecule has 5 aliphatic heterocycles. The molecule has 56 heavy (non-hydrogen) atoms. The molecule has 0 spiro atoms. The molecule has 0 aliphatic carbocycles. The summed E-state index contributed by atoms with van der Waals surface area (Å²) in [7, 11) is 0. The number of aliphatic hydroxyl groups is 17. The van der Waals surface area contributed by atoms with Crippen molar-refractivity contribution < 1.29 is 129 Å². The van der Waals surface area contributed by atoms with Crippen molar-refractivity contribution in [3.63, 3.8) is 0 Å². The maximum atomic E-state index is 11.3. The smallest absolute Gasteiger partial charge is 0.224 e. The number of ether oxygens (including phenoxy) is 9. The molecule has 5 rings (SSSR count). The Bertz CT molecular complexity index is 1270. The number of aliphatic hydroxyl groups excluding tert-OH is 17. The molecule has 5 aliphatic rings. The average molecular weight is 829 g/mol. The van der Waals surface area contributed by atoms with Crippen LogP contribution in [-0.2, 0) is 42.6 Å². The highest BCUT2D eigenvalue weighted by atomic mass is 16.8. The topological polar surface area (TPSA) is 427 Å². The predicted molar refractivity (Wildman–Crippen MR) is 167 cm³/mol. The fraction of sp³-hybridized carbons (Fsp3) is 1.00. The van der Waals surface area contributed by atoms with E-state index in [0.29, 0.717) is 0 Å². The quantitative estimate of drug-likeness (QED) is 0.0647. The van der Waals surface area contributed by atoms with E-state index < -0.39 is 187 Å². The van der Waals surface area contributed by atoms with Gasteiger partial charge in [-0.05, 0) is 0 Å². The normalized spacial score (nSPS) is 52.3. The third-order valence-corrected chi connectivity index (χ3v) is 10.7. The van der Waals surface area contributed by atoms with Gasteiger partial charge in [0.2, 0.25) is 23.1 Å². The SMILES string of the molecule is OC[C@@H]1O[C@H](O[C@]2(CO[C@]3(CO[C@]4(CO[C@]5(CO)O[C@H](CO)[C@@H](O)[C@@H]5O)O[C@H](CO)[C@@H](O)[C@@H]4O)O[C@H](CO)[C@@H](O)[C@@H]3O)O[C@H](CO)[C@H](O)[C@H]2O)[C@H](O)[C@H](O)[C@@H]1O. The Hall–Kier alpha value is -1.04. The highest BCUT2D eigenvalue weighted by Crippen LogP contribution is 2.43. The van der Waals surface area contributed by atoms with Gasteiger partial charge in [0.15, 0.2) is 6.29 Å². The van der Waals surface area contributed by atoms with Crippen molar-refractivity contribution in [3.05, 3.63) is 0 Å². The summed E-state index contributed by atoms with van der Waals surface area (Å²) in [4.78, 5) is 0. The second kappa shape index (κ2) is 17.9. The van der Waals surface area contributed by atoms with E-state index in [9.17, 15) is 86.8 Å². The second-order valence-electron chi connectivity index (χ2n) is 14.2. The zero-order valence-electron chi connectivity index (χ0n) is 29.5. The fourth-order valence-corrected chi connectivity index (χ4v) is 7.15. The molecule has 0 radical (unpaired) electrons. The van der Waals surface area contributed by atoms with Crippen molar-refractivity contribution in [2.45, 2.75) is 127 Å². The molecular formula is C30H52O26. The van der Waals surface area contributed by atoms with Crippen molar-refractivity contribution in [2.24, 2.45) is 0 Å². The first kappa shape index (κ1) is 46.0. The van der Waals surface area contributed by atoms with Gasteiger partial charge >= 0.3 is 0 Å². The lowest BCUT2D eigenvalue weighted by atomic mass is 9.99. The molecule has 0 amide bonds. The van der Waals surface area contributed by atoms with E-state index in [0.717, 1.165) is 0 Å². The van der Waals surface area contributed by atoms with E-state index in [1.54, 1.807) is 0 Å². The standard InChI is InChI=1S/C30H52O26/c31-1-10-15(37)20(42)21(43)26(51-10)56-30(25(47)19(41)14(5-35)55-30)9-50-29(24(46)18(40)13(4-34)54-29)8-49-28(23(45)17(39)12(3-33)53-28)7-48-27(6-36)22(44)16(38)11(2-32)52-27/h10-26,31-47H,1-9H2/t10-,11+,12+,13+,14+,15+,16+,17+,18+,19-,20+,21+,22-,23-,24-,25+,26+,27+,28+,29+,30-/m0/s1. The van der Waals surface area contributed by atoms with Crippen LogP contribution in [0.15, 0.2) is 0 Å². The maximum absolute atomic E-state index is 11.3. The lowest BCUT2D eigenvalue weighted by molar-refractivity contribution is -0.406. The molecule has 0 bridgehead atoms. The summed E-state index contributed by atoms with van der Waals surface area (Å²) in [5, 5.41) is 177. The Morgan fingerprint density at radius 3 is 1.05 bits per heavy atom. The van der Waals surface area contributed by atoms with E-state index in [2.05, 4.69) is 0 Å². The first-order chi connectivity index (χ1) is 26.4. The van der Waals surface area contributed by atoms with Gasteiger partial charge in [-0.15, -0.1) is 0 Å². The maximum Gasteiger partial charge on any atom is 0.224 e. The van der Waals surface area contributed by atoms with Gasteiger partial charge in [-0.1, -0.05) is 0 Å². The van der Waals surface area contributed by atoms with Gasteiger partial charge in [-0.3, -0.25) is 0 Å². The van der Waals surface area contributed by atoms with Crippen LogP contribution in [0.25, 0.3) is 0 Å². The van der Waals surface area contributed by atoms with Gasteiger partial charge in [0.05, 0.1) is 33.0 Å². The molecule has 21 atom stereocenters. The third-order valence-electron chi connectivity index (χ3n) is 10.7. The van der Waals surface area contributed by atoms with Crippen LogP contribution in [-0.4, -0.2) is 273 Å². The summed E-state index contributed by atoms with van der Waals surface area (Å²) in [6, 6.07) is 0. The van der Waals surface area contributed by atoms with Crippen molar-refractivity contribution >= 4 is 0 Å². The minimum Gasteiger partial charge on any atom is -0.394 e. The summed E-state index contributed by atoms with van der Waals surface area (Å²) in [5.74, 6) is -10.8. The monoisotopic (exact) mass is 828 g/mol. The summed E-state index contributed by atoms with van der Waals surface area (Å²) in [6.45, 7) is -9.51. The van der Waals surface area contributed by atoms with Gasteiger partial charge in [-0.2, -0.15) is 0 Å². The van der Waals surface area contributed by atoms with Crippen LogP contribution in [0, 0.1) is 0 Å². The number of hydrogen-bond donors (Lipinski definition) is 17. The molecule has 0 aromatic heterocycles. The fourth-order valence-electron chi connectivity index (χ4n) is 7.15. The minimum absolute atomic E-state index is 0.852. The van der Waals surface area contributed by atoms with Crippen LogP contribution in [0.4, 0.5) is 0 Å². The van der Waals surface area contributed by atoms with Crippen LogP contribution in [0.2, 0.25) is 0 Å². The van der Waals surface area contributed by atoms with Crippen LogP contribution >= 0.6 is 0 Å². The number of hydrogen-bond acceptors (Lipinski definition) is 26. The molecule has 328 valence electrons. The molecule has 5 heterocycles. The van der Waals surface area contributed by atoms with Crippen molar-refractivity contribution in [1.29, 1.82) is 0 Å². The second-order valence-corrected chi connectivity index (χ2v) is 14.2. The van der Waals surface area contributed by atoms with E-state index in [1.165, 1.54) is 0 Å². The summed E-state index contributed by atoms with van der Waals surface area (Å²) in [6.07, 6.45) is -32.5. The highest BCUT2D eigenvalue weighted by Gasteiger charge is 2.65. The first-order valence-electron chi connectivity index (χ1n) is 17.5. The summed E-state index contributed by atoms with van der Waals surface area (Å²) < 4.78 is 50.6. The van der Waals surface area contributed by atoms with Gasteiger partial charge in [0, 0.05) is 0 Å². The Kier molecular flexibility index (Phi) is 14.7. The van der Waals surface area contributed by atoms with Gasteiger partial charge in [0.25, 0.3) is 0 Å². The Balaban J connectivity index is 1.47. The van der Waals surface area contributed by atoms with Crippen LogP contribution in [0.3, 0.4) is 0 Å². The average Bonchev–Trinajstić information content (AvgIpc) is 3.80. The minimum atomic E-state index is -2.79. The van der Waals surface area contributed by atoms with E-state index >= 15 is 0 Å². The van der Waals surface area contributed by atoms with Crippen LogP contribution in [0.5, 0.6) is 0 Å². The Morgan fingerprint density at radius 2 is 0.679 bits per heavy atom. The number of rotatable bonds is 17. The molecule has 5 fully saturated rings. The zero-order chi connectivity index (χ0) is 41.5. The third kappa shape index (κ3) is 7.97. The molecule has 17 N–H and O–H groups in total. The van der Waals surface area contributed by atoms with E-state index in [4.69, 9.17) is 42.6 Å². The first-order valence-corrected chi connectivity index (χ1v) is 17.5. The van der Waals surface area contributed by atoms with Crippen LogP contribution < -0.4 is 0 Å². The summed E-state index contributed by atoms with van der Waals surface area (Å²) >= 11 is 0. The Labute approximate surface area is 316 Å². The van der Waals surface area contributed by atoms with Gasteiger partial charge < -0.3 is 129 Å². The van der Waals surface area contributed by atoms with Crippen molar-refractivity contribution in [1.82, 2.24) is 0 Å². The highest BCUT2D eigenvalue weighted by molar-refractivity contribution is 5.04.